The standard InChI is InChI=1S/C7H5ClF3NOS/c8-14(13)4-1-2-6(12)5(3-4)7(9,10)11/h1-3H,12H2. The van der Waals surface area contributed by atoms with Crippen LogP contribution in [0.15, 0.2) is 23.1 Å². The summed E-state index contributed by atoms with van der Waals surface area (Å²) in [7, 11) is 3.18. The van der Waals surface area contributed by atoms with E-state index in [4.69, 9.17) is 16.4 Å². The molecule has 0 saturated carbocycles. The zero-order valence-electron chi connectivity index (χ0n) is 6.64. The third kappa shape index (κ3) is 2.39. The minimum absolute atomic E-state index is 0.117. The molecule has 0 aliphatic carbocycles. The number of benzene rings is 1. The van der Waals surface area contributed by atoms with Gasteiger partial charge in [-0.1, -0.05) is 0 Å². The Balaban J connectivity index is 3.29. The van der Waals surface area contributed by atoms with Crippen LogP contribution in [0.2, 0.25) is 0 Å². The van der Waals surface area contributed by atoms with Crippen LogP contribution in [0.4, 0.5) is 18.9 Å². The van der Waals surface area contributed by atoms with Crippen LogP contribution in [-0.2, 0) is 16.2 Å². The van der Waals surface area contributed by atoms with Gasteiger partial charge in [-0.25, -0.2) is 4.21 Å². The maximum Gasteiger partial charge on any atom is 0.418 e. The van der Waals surface area contributed by atoms with Gasteiger partial charge in [-0.2, -0.15) is 13.2 Å². The molecule has 0 spiro atoms. The van der Waals surface area contributed by atoms with Crippen LogP contribution in [0.5, 0.6) is 0 Å². The van der Waals surface area contributed by atoms with E-state index in [-0.39, 0.29) is 4.90 Å². The highest BCUT2D eigenvalue weighted by Gasteiger charge is 2.33. The highest BCUT2D eigenvalue weighted by atomic mass is 35.7. The number of nitrogens with two attached hydrogens (primary N) is 1. The molecule has 0 fully saturated rings. The van der Waals surface area contributed by atoms with Gasteiger partial charge in [-0.3, -0.25) is 0 Å². The quantitative estimate of drug-likeness (QED) is 0.608. The predicted octanol–water partition coefficient (Wildman–Crippen LogP) is 2.55. The van der Waals surface area contributed by atoms with Crippen molar-refractivity contribution in [2.45, 2.75) is 11.1 Å². The van der Waals surface area contributed by atoms with Crippen LogP contribution in [0, 0.1) is 0 Å². The van der Waals surface area contributed by atoms with Crippen molar-refractivity contribution >= 4 is 26.4 Å². The van der Waals surface area contributed by atoms with Gasteiger partial charge in [0.2, 0.25) is 0 Å². The van der Waals surface area contributed by atoms with Crippen LogP contribution in [0.3, 0.4) is 0 Å². The number of halogens is 4. The first-order chi connectivity index (χ1) is 6.32. The first-order valence-electron chi connectivity index (χ1n) is 3.37. The molecule has 1 aromatic rings. The predicted molar refractivity (Wildman–Crippen MR) is 48.1 cm³/mol. The molecule has 0 aromatic heterocycles. The van der Waals surface area contributed by atoms with E-state index in [2.05, 4.69) is 0 Å². The van der Waals surface area contributed by atoms with E-state index in [0.717, 1.165) is 6.07 Å². The topological polar surface area (TPSA) is 43.1 Å². The van der Waals surface area contributed by atoms with Crippen molar-refractivity contribution in [3.05, 3.63) is 23.8 Å². The van der Waals surface area contributed by atoms with Gasteiger partial charge in [0.1, 0.15) is 10.0 Å². The molecule has 0 amide bonds. The summed E-state index contributed by atoms with van der Waals surface area (Å²) in [6, 6.07) is 2.89. The molecule has 14 heavy (non-hydrogen) atoms. The van der Waals surface area contributed by atoms with Gasteiger partial charge in [0, 0.05) is 5.69 Å². The van der Waals surface area contributed by atoms with Crippen LogP contribution in [0.25, 0.3) is 0 Å². The summed E-state index contributed by atoms with van der Waals surface area (Å²) >= 11 is 0. The average molecular weight is 244 g/mol. The van der Waals surface area contributed by atoms with Crippen molar-refractivity contribution in [3.63, 3.8) is 0 Å². The molecule has 1 atom stereocenters. The first-order valence-corrected chi connectivity index (χ1v) is 5.34. The molecule has 1 aromatic carbocycles. The van der Waals surface area contributed by atoms with Gasteiger partial charge in [0.05, 0.1) is 10.5 Å². The van der Waals surface area contributed by atoms with Crippen LogP contribution in [0.1, 0.15) is 5.56 Å². The molecule has 0 heterocycles. The second kappa shape index (κ2) is 3.78. The van der Waals surface area contributed by atoms with E-state index < -0.39 is 27.4 Å². The third-order valence-electron chi connectivity index (χ3n) is 1.52. The smallest absolute Gasteiger partial charge is 0.398 e. The summed E-state index contributed by atoms with van der Waals surface area (Å²) in [4.78, 5) is -0.117. The molecule has 0 aliphatic heterocycles. The summed E-state index contributed by atoms with van der Waals surface area (Å²) in [5.74, 6) is 0. The number of nitrogen functional groups attached to an aromatic ring is 1. The molecule has 0 saturated heterocycles. The zero-order chi connectivity index (χ0) is 10.9. The Hall–Kier alpha value is -0.750. The van der Waals surface area contributed by atoms with Crippen molar-refractivity contribution in [2.75, 3.05) is 5.73 Å². The minimum Gasteiger partial charge on any atom is -0.398 e. The van der Waals surface area contributed by atoms with Crippen molar-refractivity contribution in [1.29, 1.82) is 0 Å². The molecule has 0 radical (unpaired) electrons. The van der Waals surface area contributed by atoms with Gasteiger partial charge in [-0.15, -0.1) is 0 Å². The van der Waals surface area contributed by atoms with Crippen LogP contribution >= 0.6 is 10.7 Å². The Morgan fingerprint density at radius 2 is 1.93 bits per heavy atom. The lowest BCUT2D eigenvalue weighted by Gasteiger charge is -2.10. The van der Waals surface area contributed by atoms with Gasteiger partial charge in [0.15, 0.2) is 0 Å². The second-order valence-corrected chi connectivity index (χ2v) is 4.23. The molecule has 0 bridgehead atoms. The maximum atomic E-state index is 12.3. The zero-order valence-corrected chi connectivity index (χ0v) is 8.21. The summed E-state index contributed by atoms with van der Waals surface area (Å²) in [5.41, 5.74) is 3.68. The lowest BCUT2D eigenvalue weighted by Crippen LogP contribution is -2.09. The molecule has 2 N–H and O–H groups in total. The number of rotatable bonds is 1. The molecule has 7 heteroatoms. The van der Waals surface area contributed by atoms with Crippen LogP contribution < -0.4 is 5.73 Å². The normalized spacial score (nSPS) is 14.0. The van der Waals surface area contributed by atoms with Gasteiger partial charge in [-0.05, 0) is 28.9 Å². The van der Waals surface area contributed by atoms with Crippen LogP contribution in [-0.4, -0.2) is 4.21 Å². The van der Waals surface area contributed by atoms with Gasteiger partial charge >= 0.3 is 6.18 Å². The van der Waals surface area contributed by atoms with E-state index in [1.165, 1.54) is 6.07 Å². The van der Waals surface area contributed by atoms with Crippen molar-refractivity contribution in [2.24, 2.45) is 0 Å². The lowest BCUT2D eigenvalue weighted by molar-refractivity contribution is -0.137. The maximum absolute atomic E-state index is 12.3. The minimum atomic E-state index is -4.56. The highest BCUT2D eigenvalue weighted by Crippen LogP contribution is 2.34. The van der Waals surface area contributed by atoms with E-state index >= 15 is 0 Å². The molecule has 1 unspecified atom stereocenters. The SMILES string of the molecule is Nc1ccc(S(=O)Cl)cc1C(F)(F)F. The summed E-state index contributed by atoms with van der Waals surface area (Å²) in [6.45, 7) is 0. The molecular formula is C7H5ClF3NOS. The molecule has 2 nitrogen and oxygen atoms in total. The fourth-order valence-electron chi connectivity index (χ4n) is 0.881. The summed E-state index contributed by atoms with van der Waals surface area (Å²) in [6.07, 6.45) is -4.56. The Morgan fingerprint density at radius 1 is 1.36 bits per heavy atom. The third-order valence-corrected chi connectivity index (χ3v) is 2.67. The first kappa shape index (κ1) is 11.3. The highest BCUT2D eigenvalue weighted by molar-refractivity contribution is 8.08. The molecule has 1 rings (SSSR count). The van der Waals surface area contributed by atoms with Gasteiger partial charge in [0.25, 0.3) is 0 Å². The number of alkyl halides is 3. The number of anilines is 1. The lowest BCUT2D eigenvalue weighted by atomic mass is 10.2. The van der Waals surface area contributed by atoms with E-state index in [1.807, 2.05) is 0 Å². The largest absolute Gasteiger partial charge is 0.418 e. The van der Waals surface area contributed by atoms with E-state index in [0.29, 0.717) is 6.07 Å². The van der Waals surface area contributed by atoms with Crippen molar-refractivity contribution < 1.29 is 17.4 Å². The molecule has 78 valence electrons. The van der Waals surface area contributed by atoms with E-state index in [9.17, 15) is 17.4 Å². The Kier molecular flexibility index (Phi) is 3.06. The second-order valence-electron chi connectivity index (χ2n) is 2.47. The molecular weight excluding hydrogens is 239 g/mol. The summed E-state index contributed by atoms with van der Waals surface area (Å²) < 4.78 is 47.5. The van der Waals surface area contributed by atoms with Crippen molar-refractivity contribution in [1.82, 2.24) is 0 Å². The monoisotopic (exact) mass is 243 g/mol. The Bertz CT molecular complexity index is 380. The molecule has 0 aliphatic rings. The van der Waals surface area contributed by atoms with Gasteiger partial charge < -0.3 is 5.73 Å². The number of hydrogen-bond donors (Lipinski definition) is 1. The Morgan fingerprint density at radius 3 is 2.36 bits per heavy atom. The Labute approximate surface area is 84.8 Å². The summed E-state index contributed by atoms with van der Waals surface area (Å²) in [5, 5.41) is 0. The fourth-order valence-corrected chi connectivity index (χ4v) is 1.55. The number of hydrogen-bond acceptors (Lipinski definition) is 2. The van der Waals surface area contributed by atoms with E-state index in [1.54, 1.807) is 0 Å². The van der Waals surface area contributed by atoms with Crippen molar-refractivity contribution in [3.8, 4) is 0 Å². The fraction of sp³-hybridized carbons (Fsp3) is 0.143. The average Bonchev–Trinajstić information content (AvgIpc) is 2.02.